The molecule has 1 fully saturated rings. The van der Waals surface area contributed by atoms with E-state index in [2.05, 4.69) is 28.9 Å². The van der Waals surface area contributed by atoms with E-state index in [0.29, 0.717) is 25.0 Å². The molecule has 2 aliphatic rings. The van der Waals surface area contributed by atoms with Crippen molar-refractivity contribution in [3.05, 3.63) is 29.5 Å². The summed E-state index contributed by atoms with van der Waals surface area (Å²) in [5.41, 5.74) is 3.67. The van der Waals surface area contributed by atoms with E-state index in [0.717, 1.165) is 30.8 Å². The van der Waals surface area contributed by atoms with Crippen molar-refractivity contribution in [3.63, 3.8) is 0 Å². The molecule has 4 rings (SSSR count). The number of fused-ring (bicyclic) bond motifs is 3. The Labute approximate surface area is 155 Å². The Morgan fingerprint density at radius 3 is 3.08 bits per heavy atom. The number of likely N-dealkylation sites (tertiary alicyclic amines) is 1. The van der Waals surface area contributed by atoms with E-state index < -0.39 is 0 Å². The molecule has 0 spiro atoms. The summed E-state index contributed by atoms with van der Waals surface area (Å²) in [6.45, 7) is 5.59. The zero-order valence-electron chi connectivity index (χ0n) is 15.9. The van der Waals surface area contributed by atoms with Crippen molar-refractivity contribution in [1.82, 2.24) is 9.88 Å². The molecule has 1 saturated heterocycles. The highest BCUT2D eigenvalue weighted by atomic mass is 16.5. The minimum Gasteiger partial charge on any atom is -0.497 e. The first-order valence-electron chi connectivity index (χ1n) is 9.99. The number of methoxy groups -OCH3 is 1. The normalized spacial score (nSPS) is 23.1. The average molecular weight is 356 g/mol. The number of aromatic nitrogens is 1. The third-order valence-corrected chi connectivity index (χ3v) is 6.28. The van der Waals surface area contributed by atoms with Gasteiger partial charge in [0.1, 0.15) is 5.75 Å². The number of carbonyl (C=O) groups is 1. The molecule has 5 heteroatoms. The first-order valence-corrected chi connectivity index (χ1v) is 9.99. The van der Waals surface area contributed by atoms with Crippen LogP contribution in [0.4, 0.5) is 0 Å². The number of H-pyrrole nitrogens is 1. The van der Waals surface area contributed by atoms with Gasteiger partial charge in [0.05, 0.1) is 19.7 Å². The highest BCUT2D eigenvalue weighted by Gasteiger charge is 2.30. The number of nitrogens with one attached hydrogen (secondary N) is 2. The third kappa shape index (κ3) is 3.20. The molecule has 2 N–H and O–H groups in total. The number of hydrogen-bond donors (Lipinski definition) is 2. The Balaban J connectivity index is 1.51. The second-order valence-electron chi connectivity index (χ2n) is 7.74. The lowest BCUT2D eigenvalue weighted by Gasteiger charge is -2.34. The summed E-state index contributed by atoms with van der Waals surface area (Å²) in [6.07, 6.45) is 5.93. The van der Waals surface area contributed by atoms with Crippen LogP contribution in [-0.4, -0.2) is 48.6 Å². The number of benzene rings is 1. The summed E-state index contributed by atoms with van der Waals surface area (Å²) in [6, 6.07) is 6.80. The molecule has 2 atom stereocenters. The van der Waals surface area contributed by atoms with Gasteiger partial charge in [0.25, 0.3) is 5.91 Å². The minimum atomic E-state index is 0.309. The highest BCUT2D eigenvalue weighted by molar-refractivity contribution is 5.87. The number of rotatable bonds is 4. The molecule has 1 aromatic carbocycles. The number of nitrogens with zero attached hydrogens (tertiary/aromatic N) is 1. The van der Waals surface area contributed by atoms with Crippen LogP contribution < -0.4 is 9.64 Å². The van der Waals surface area contributed by atoms with Gasteiger partial charge in [0.15, 0.2) is 6.54 Å². The molecule has 140 valence electrons. The number of amides is 1. The molecule has 2 aromatic rings. The van der Waals surface area contributed by atoms with Crippen LogP contribution in [0.1, 0.15) is 43.9 Å². The maximum atomic E-state index is 13.0. The van der Waals surface area contributed by atoms with E-state index in [1.54, 1.807) is 7.11 Å². The maximum Gasteiger partial charge on any atom is 0.278 e. The third-order valence-electron chi connectivity index (χ3n) is 6.28. The van der Waals surface area contributed by atoms with Gasteiger partial charge < -0.3 is 19.5 Å². The van der Waals surface area contributed by atoms with E-state index in [4.69, 9.17) is 4.74 Å². The molecule has 2 aliphatic heterocycles. The quantitative estimate of drug-likeness (QED) is 0.879. The van der Waals surface area contributed by atoms with Crippen molar-refractivity contribution < 1.29 is 14.4 Å². The Bertz CT molecular complexity index is 798. The number of hydrogen-bond acceptors (Lipinski definition) is 2. The van der Waals surface area contributed by atoms with Crippen molar-refractivity contribution in [2.45, 2.75) is 51.6 Å². The summed E-state index contributed by atoms with van der Waals surface area (Å²) in [5, 5.41) is 1.19. The van der Waals surface area contributed by atoms with Gasteiger partial charge in [0, 0.05) is 41.7 Å². The predicted octanol–water partition coefficient (Wildman–Crippen LogP) is 1.91. The fraction of sp³-hybridized carbons (Fsp3) is 0.571. The SMILES string of the molecule is CC[C@H]1CCCC[NH+]1CC(=O)N1CCc2[nH]c3ccc(OC)cc3c2C1. The van der Waals surface area contributed by atoms with Gasteiger partial charge in [-0.3, -0.25) is 4.79 Å². The van der Waals surface area contributed by atoms with Crippen LogP contribution in [0.15, 0.2) is 18.2 Å². The van der Waals surface area contributed by atoms with Crippen molar-refractivity contribution in [3.8, 4) is 5.75 Å². The lowest BCUT2D eigenvalue weighted by Crippen LogP contribution is -3.17. The van der Waals surface area contributed by atoms with Crippen molar-refractivity contribution in [2.24, 2.45) is 0 Å². The second-order valence-corrected chi connectivity index (χ2v) is 7.74. The molecule has 0 aliphatic carbocycles. The lowest BCUT2D eigenvalue weighted by atomic mass is 10.00. The monoisotopic (exact) mass is 356 g/mol. The molecule has 3 heterocycles. The molecule has 0 radical (unpaired) electrons. The number of piperidine rings is 1. The van der Waals surface area contributed by atoms with Crippen LogP contribution in [0.25, 0.3) is 10.9 Å². The number of carbonyl (C=O) groups excluding carboxylic acids is 1. The average Bonchev–Trinajstić information content (AvgIpc) is 3.05. The molecule has 1 amide bonds. The first-order chi connectivity index (χ1) is 12.7. The number of aromatic amines is 1. The second kappa shape index (κ2) is 7.31. The lowest BCUT2D eigenvalue weighted by molar-refractivity contribution is -0.923. The topological polar surface area (TPSA) is 49.8 Å². The van der Waals surface area contributed by atoms with Gasteiger partial charge in [-0.05, 0) is 43.9 Å². The largest absolute Gasteiger partial charge is 0.497 e. The van der Waals surface area contributed by atoms with Crippen LogP contribution in [-0.2, 0) is 17.8 Å². The van der Waals surface area contributed by atoms with Crippen molar-refractivity contribution in [1.29, 1.82) is 0 Å². The fourth-order valence-corrected chi connectivity index (χ4v) is 4.72. The van der Waals surface area contributed by atoms with Crippen LogP contribution >= 0.6 is 0 Å². The van der Waals surface area contributed by atoms with E-state index in [1.165, 1.54) is 47.2 Å². The van der Waals surface area contributed by atoms with Crippen molar-refractivity contribution >= 4 is 16.8 Å². The molecule has 0 bridgehead atoms. The van der Waals surface area contributed by atoms with Gasteiger partial charge in [0.2, 0.25) is 0 Å². The summed E-state index contributed by atoms with van der Waals surface area (Å²) in [4.78, 5) is 20.1. The Morgan fingerprint density at radius 1 is 1.38 bits per heavy atom. The Kier molecular flexibility index (Phi) is 4.90. The summed E-state index contributed by atoms with van der Waals surface area (Å²) >= 11 is 0. The number of quaternary nitrogens is 1. The van der Waals surface area contributed by atoms with E-state index in [-0.39, 0.29) is 0 Å². The zero-order valence-corrected chi connectivity index (χ0v) is 15.9. The molecule has 5 nitrogen and oxygen atoms in total. The molecule has 1 aromatic heterocycles. The van der Waals surface area contributed by atoms with Crippen LogP contribution in [0, 0.1) is 0 Å². The molecular formula is C21H30N3O2+. The molecule has 26 heavy (non-hydrogen) atoms. The molecule has 0 saturated carbocycles. The first kappa shape index (κ1) is 17.4. The summed E-state index contributed by atoms with van der Waals surface area (Å²) in [7, 11) is 1.70. The van der Waals surface area contributed by atoms with Crippen LogP contribution in [0.2, 0.25) is 0 Å². The van der Waals surface area contributed by atoms with Crippen molar-refractivity contribution in [2.75, 3.05) is 26.7 Å². The number of ether oxygens (including phenoxy) is 1. The summed E-state index contributed by atoms with van der Waals surface area (Å²) < 4.78 is 5.38. The molecule has 1 unspecified atom stereocenters. The van der Waals surface area contributed by atoms with E-state index >= 15 is 0 Å². The standard InChI is InChI=1S/C21H29N3O2/c1-3-15-6-4-5-10-23(15)14-21(25)24-11-9-20-18(13-24)17-12-16(26-2)7-8-19(17)22-20/h7-8,12,15,22H,3-6,9-11,13-14H2,1-2H3/p+1/t15-/m0/s1. The van der Waals surface area contributed by atoms with Gasteiger partial charge in [-0.1, -0.05) is 6.92 Å². The van der Waals surface area contributed by atoms with Gasteiger partial charge >= 0.3 is 0 Å². The summed E-state index contributed by atoms with van der Waals surface area (Å²) in [5.74, 6) is 1.18. The Morgan fingerprint density at radius 2 is 2.27 bits per heavy atom. The van der Waals surface area contributed by atoms with Gasteiger partial charge in [-0.25, -0.2) is 0 Å². The zero-order chi connectivity index (χ0) is 18.1. The van der Waals surface area contributed by atoms with E-state index in [1.807, 2.05) is 6.07 Å². The smallest absolute Gasteiger partial charge is 0.278 e. The fourth-order valence-electron chi connectivity index (χ4n) is 4.72. The van der Waals surface area contributed by atoms with Crippen LogP contribution in [0.5, 0.6) is 5.75 Å². The highest BCUT2D eigenvalue weighted by Crippen LogP contribution is 2.30. The minimum absolute atomic E-state index is 0.309. The Hall–Kier alpha value is -2.01. The van der Waals surface area contributed by atoms with E-state index in [9.17, 15) is 4.79 Å². The maximum absolute atomic E-state index is 13.0. The molecular weight excluding hydrogens is 326 g/mol. The van der Waals surface area contributed by atoms with Crippen LogP contribution in [0.3, 0.4) is 0 Å². The predicted molar refractivity (Wildman–Crippen MR) is 103 cm³/mol. The van der Waals surface area contributed by atoms with Gasteiger partial charge in [-0.2, -0.15) is 0 Å². The van der Waals surface area contributed by atoms with Gasteiger partial charge in [-0.15, -0.1) is 0 Å².